The maximum atomic E-state index is 5.67. The van der Waals surface area contributed by atoms with Crippen LogP contribution in [0, 0.1) is 0 Å². The Morgan fingerprint density at radius 1 is 1.47 bits per heavy atom. The van der Waals surface area contributed by atoms with E-state index in [9.17, 15) is 0 Å². The number of hydrogen-bond acceptors (Lipinski definition) is 3. The van der Waals surface area contributed by atoms with Crippen molar-refractivity contribution in [3.05, 3.63) is 36.6 Å². The van der Waals surface area contributed by atoms with E-state index in [0.717, 1.165) is 16.7 Å². The Kier molecular flexibility index (Phi) is 2.37. The quantitative estimate of drug-likeness (QED) is 0.616. The monoisotopic (exact) mass is 203 g/mol. The van der Waals surface area contributed by atoms with Crippen molar-refractivity contribution in [2.45, 2.75) is 6.92 Å². The van der Waals surface area contributed by atoms with Crippen LogP contribution in [0.3, 0.4) is 0 Å². The van der Waals surface area contributed by atoms with Crippen LogP contribution in [-0.4, -0.2) is 6.61 Å². The third-order valence-electron chi connectivity index (χ3n) is 2.13. The summed E-state index contributed by atoms with van der Waals surface area (Å²) in [5.41, 5.74) is 7.18. The van der Waals surface area contributed by atoms with Crippen LogP contribution in [0.2, 0.25) is 0 Å². The highest BCUT2D eigenvalue weighted by Crippen LogP contribution is 2.25. The van der Waals surface area contributed by atoms with E-state index in [1.807, 2.05) is 25.1 Å². The average Bonchev–Trinajstić information content (AvgIpc) is 2.60. The number of hydrogen-bond donors (Lipinski definition) is 1. The van der Waals surface area contributed by atoms with E-state index in [0.29, 0.717) is 18.1 Å². The Hall–Kier alpha value is -1.90. The van der Waals surface area contributed by atoms with Crippen LogP contribution in [0.5, 0.6) is 0 Å². The van der Waals surface area contributed by atoms with Gasteiger partial charge < -0.3 is 14.9 Å². The van der Waals surface area contributed by atoms with Gasteiger partial charge in [-0.2, -0.15) is 0 Å². The molecule has 2 N–H and O–H groups in total. The Morgan fingerprint density at radius 3 is 3.00 bits per heavy atom. The summed E-state index contributed by atoms with van der Waals surface area (Å²) < 4.78 is 10.8. The Labute approximate surface area is 88.1 Å². The van der Waals surface area contributed by atoms with Gasteiger partial charge in [0.2, 0.25) is 0 Å². The molecule has 0 unspecified atom stereocenters. The lowest BCUT2D eigenvalue weighted by atomic mass is 10.2. The summed E-state index contributed by atoms with van der Waals surface area (Å²) in [4.78, 5) is 0. The maximum Gasteiger partial charge on any atom is 0.169 e. The normalized spacial score (nSPS) is 10.5. The molecule has 1 aromatic heterocycles. The van der Waals surface area contributed by atoms with E-state index in [1.54, 1.807) is 6.07 Å². The van der Waals surface area contributed by atoms with Gasteiger partial charge in [0.05, 0.1) is 6.61 Å². The summed E-state index contributed by atoms with van der Waals surface area (Å²) >= 11 is 0. The van der Waals surface area contributed by atoms with Crippen molar-refractivity contribution in [3.63, 3.8) is 0 Å². The van der Waals surface area contributed by atoms with E-state index in [4.69, 9.17) is 14.9 Å². The molecule has 0 saturated carbocycles. The summed E-state index contributed by atoms with van der Waals surface area (Å²) in [5.74, 6) is 1.20. The third-order valence-corrected chi connectivity index (χ3v) is 2.13. The van der Waals surface area contributed by atoms with Crippen LogP contribution < -0.4 is 5.73 Å². The number of nitrogen functional groups attached to an aromatic ring is 1. The first kappa shape index (κ1) is 9.65. The fourth-order valence-corrected chi connectivity index (χ4v) is 1.44. The lowest BCUT2D eigenvalue weighted by Crippen LogP contribution is -1.86. The lowest BCUT2D eigenvalue weighted by Gasteiger charge is -2.01. The fourth-order valence-electron chi connectivity index (χ4n) is 1.44. The Bertz CT molecular complexity index is 499. The Balaban J connectivity index is 2.42. The predicted octanol–water partition coefficient (Wildman–Crippen LogP) is 3.02. The van der Waals surface area contributed by atoms with Gasteiger partial charge in [0, 0.05) is 11.1 Å². The van der Waals surface area contributed by atoms with E-state index in [2.05, 4.69) is 6.58 Å². The van der Waals surface area contributed by atoms with E-state index >= 15 is 0 Å². The molecule has 3 nitrogen and oxygen atoms in total. The zero-order valence-corrected chi connectivity index (χ0v) is 8.62. The first-order valence-electron chi connectivity index (χ1n) is 4.82. The molecule has 0 radical (unpaired) electrons. The summed E-state index contributed by atoms with van der Waals surface area (Å²) in [6.45, 7) is 6.28. The van der Waals surface area contributed by atoms with Crippen molar-refractivity contribution >= 4 is 22.4 Å². The molecule has 0 aliphatic rings. The molecule has 78 valence electrons. The number of nitrogens with two attached hydrogens (primary N) is 1. The van der Waals surface area contributed by atoms with Crippen molar-refractivity contribution in [2.24, 2.45) is 0 Å². The van der Waals surface area contributed by atoms with Crippen LogP contribution in [0.1, 0.15) is 12.7 Å². The molecular weight excluding hydrogens is 190 g/mol. The minimum atomic E-state index is 0.548. The summed E-state index contributed by atoms with van der Waals surface area (Å²) in [5, 5.41) is 0.964. The average molecular weight is 203 g/mol. The molecule has 1 heterocycles. The van der Waals surface area contributed by atoms with Crippen LogP contribution in [-0.2, 0) is 4.74 Å². The second-order valence-corrected chi connectivity index (χ2v) is 3.26. The summed E-state index contributed by atoms with van der Waals surface area (Å²) in [7, 11) is 0. The largest absolute Gasteiger partial charge is 0.491 e. The number of ether oxygens (including phenoxy) is 1. The highest BCUT2D eigenvalue weighted by molar-refractivity contribution is 5.83. The zero-order valence-electron chi connectivity index (χ0n) is 8.62. The predicted molar refractivity (Wildman–Crippen MR) is 61.3 cm³/mol. The first-order chi connectivity index (χ1) is 7.20. The van der Waals surface area contributed by atoms with Gasteiger partial charge in [-0.15, -0.1) is 0 Å². The van der Waals surface area contributed by atoms with Crippen LogP contribution in [0.25, 0.3) is 16.7 Å². The smallest absolute Gasteiger partial charge is 0.169 e. The minimum Gasteiger partial charge on any atom is -0.491 e. The molecule has 0 aliphatic carbocycles. The zero-order chi connectivity index (χ0) is 10.8. The van der Waals surface area contributed by atoms with Gasteiger partial charge in [-0.3, -0.25) is 0 Å². The molecule has 0 amide bonds. The van der Waals surface area contributed by atoms with Gasteiger partial charge in [-0.1, -0.05) is 6.58 Å². The number of anilines is 1. The van der Waals surface area contributed by atoms with Gasteiger partial charge >= 0.3 is 0 Å². The minimum absolute atomic E-state index is 0.548. The molecule has 15 heavy (non-hydrogen) atoms. The number of rotatable bonds is 3. The second kappa shape index (κ2) is 3.69. The SMILES string of the molecule is C=C(OCC)c1cc2cc(N)ccc2o1. The molecule has 0 fully saturated rings. The highest BCUT2D eigenvalue weighted by Gasteiger charge is 2.07. The fraction of sp³-hybridized carbons (Fsp3) is 0.167. The lowest BCUT2D eigenvalue weighted by molar-refractivity contribution is 0.289. The van der Waals surface area contributed by atoms with E-state index in [1.165, 1.54) is 0 Å². The van der Waals surface area contributed by atoms with Gasteiger partial charge in [0.1, 0.15) is 5.58 Å². The van der Waals surface area contributed by atoms with Crippen molar-refractivity contribution in [2.75, 3.05) is 12.3 Å². The van der Waals surface area contributed by atoms with E-state index in [-0.39, 0.29) is 0 Å². The first-order valence-corrected chi connectivity index (χ1v) is 4.82. The number of fused-ring (bicyclic) bond motifs is 1. The van der Waals surface area contributed by atoms with Crippen molar-refractivity contribution in [1.82, 2.24) is 0 Å². The van der Waals surface area contributed by atoms with Crippen LogP contribution in [0.15, 0.2) is 35.3 Å². The standard InChI is InChI=1S/C12H13NO2/c1-3-14-8(2)12-7-9-6-10(13)4-5-11(9)15-12/h4-7H,2-3,13H2,1H3. The van der Waals surface area contributed by atoms with Crippen LogP contribution in [0.4, 0.5) is 5.69 Å². The molecule has 2 rings (SSSR count). The van der Waals surface area contributed by atoms with Gasteiger partial charge in [-0.05, 0) is 31.2 Å². The molecular formula is C12H13NO2. The van der Waals surface area contributed by atoms with Crippen molar-refractivity contribution < 1.29 is 9.15 Å². The maximum absolute atomic E-state index is 5.67. The topological polar surface area (TPSA) is 48.4 Å². The molecule has 1 aromatic carbocycles. The molecule has 0 saturated heterocycles. The second-order valence-electron chi connectivity index (χ2n) is 3.26. The van der Waals surface area contributed by atoms with Crippen molar-refractivity contribution in [3.8, 4) is 0 Å². The highest BCUT2D eigenvalue weighted by atomic mass is 16.5. The molecule has 0 aliphatic heterocycles. The van der Waals surface area contributed by atoms with E-state index < -0.39 is 0 Å². The summed E-state index contributed by atoms with van der Waals surface area (Å²) in [6.07, 6.45) is 0. The number of benzene rings is 1. The van der Waals surface area contributed by atoms with Gasteiger partial charge in [-0.25, -0.2) is 0 Å². The molecule has 0 atom stereocenters. The molecule has 0 bridgehead atoms. The molecule has 0 spiro atoms. The van der Waals surface area contributed by atoms with Crippen LogP contribution >= 0.6 is 0 Å². The number of furan rings is 1. The Morgan fingerprint density at radius 2 is 2.27 bits per heavy atom. The van der Waals surface area contributed by atoms with Gasteiger partial charge in [0.15, 0.2) is 11.5 Å². The summed E-state index contributed by atoms with van der Waals surface area (Å²) in [6, 6.07) is 7.39. The molecule has 3 heteroatoms. The van der Waals surface area contributed by atoms with Gasteiger partial charge in [0.25, 0.3) is 0 Å². The van der Waals surface area contributed by atoms with Crippen molar-refractivity contribution in [1.29, 1.82) is 0 Å². The third kappa shape index (κ3) is 1.81. The molecule has 2 aromatic rings.